The lowest BCUT2D eigenvalue weighted by molar-refractivity contribution is 0.550. The Morgan fingerprint density at radius 2 is 2.16 bits per heavy atom. The fourth-order valence-electron chi connectivity index (χ4n) is 2.43. The molecule has 0 atom stereocenters. The van der Waals surface area contributed by atoms with Crippen LogP contribution in [0, 0.1) is 0 Å². The molecule has 4 aromatic rings. The van der Waals surface area contributed by atoms with Crippen molar-refractivity contribution in [2.45, 2.75) is 23.9 Å². The highest BCUT2D eigenvalue weighted by Crippen LogP contribution is 2.19. The molecule has 0 unspecified atom stereocenters. The van der Waals surface area contributed by atoms with Gasteiger partial charge in [0.15, 0.2) is 0 Å². The molecule has 0 amide bonds. The van der Waals surface area contributed by atoms with Gasteiger partial charge in [-0.25, -0.2) is 9.67 Å². The van der Waals surface area contributed by atoms with Crippen LogP contribution < -0.4 is 5.56 Å². The molecule has 0 radical (unpaired) electrons. The van der Waals surface area contributed by atoms with Crippen LogP contribution in [0.5, 0.6) is 0 Å². The number of pyridine rings is 1. The average molecular weight is 370 g/mol. The van der Waals surface area contributed by atoms with Crippen molar-refractivity contribution in [1.82, 2.24) is 29.6 Å². The van der Waals surface area contributed by atoms with Crippen molar-refractivity contribution in [3.8, 4) is 0 Å². The number of thiophene rings is 1. The van der Waals surface area contributed by atoms with E-state index >= 15 is 0 Å². The molecule has 9 heteroatoms. The second-order valence-corrected chi connectivity index (χ2v) is 7.29. The fraction of sp³-hybridized carbons (Fsp3) is 0.188. The van der Waals surface area contributed by atoms with E-state index in [2.05, 4.69) is 32.0 Å². The van der Waals surface area contributed by atoms with Gasteiger partial charge in [-0.05, 0) is 34.0 Å². The molecule has 0 saturated heterocycles. The van der Waals surface area contributed by atoms with E-state index in [-0.39, 0.29) is 5.56 Å². The highest BCUT2D eigenvalue weighted by molar-refractivity contribution is 7.98. The summed E-state index contributed by atoms with van der Waals surface area (Å²) in [5, 5.41) is 14.7. The van der Waals surface area contributed by atoms with E-state index in [1.54, 1.807) is 28.3 Å². The fourth-order valence-corrected chi connectivity index (χ4v) is 3.92. The molecule has 7 nitrogen and oxygen atoms in total. The molecule has 4 aromatic heterocycles. The molecule has 4 rings (SSSR count). The smallest absolute Gasteiger partial charge is 0.258 e. The molecule has 0 aliphatic rings. The lowest BCUT2D eigenvalue weighted by Crippen LogP contribution is -2.14. The van der Waals surface area contributed by atoms with Crippen LogP contribution in [0.4, 0.5) is 0 Å². The minimum Gasteiger partial charge on any atom is -0.269 e. The number of hydrogen-bond donors (Lipinski definition) is 0. The predicted molar refractivity (Wildman–Crippen MR) is 96.9 cm³/mol. The number of fused-ring (bicyclic) bond motifs is 1. The molecule has 0 N–H and O–H groups in total. The Kier molecular flexibility index (Phi) is 4.57. The zero-order valence-corrected chi connectivity index (χ0v) is 14.8. The van der Waals surface area contributed by atoms with Gasteiger partial charge in [-0.3, -0.25) is 9.20 Å². The average Bonchev–Trinajstić information content (AvgIpc) is 3.30. The maximum absolute atomic E-state index is 12.1. The van der Waals surface area contributed by atoms with Crippen molar-refractivity contribution < 1.29 is 0 Å². The van der Waals surface area contributed by atoms with Gasteiger partial charge in [0.05, 0.1) is 12.2 Å². The predicted octanol–water partition coefficient (Wildman–Crippen LogP) is 2.28. The standard InChI is InChI=1S/C16H14N6OS2/c23-15-10-12(17-14-5-1-2-7-21(14)15)11-25-16-18-19-20-22(16)8-6-13-4-3-9-24-13/h1-5,7,9-10H,6,8,11H2. The molecule has 25 heavy (non-hydrogen) atoms. The van der Waals surface area contributed by atoms with Gasteiger partial charge in [0.2, 0.25) is 5.16 Å². The van der Waals surface area contributed by atoms with Gasteiger partial charge in [0.25, 0.3) is 5.56 Å². The van der Waals surface area contributed by atoms with Crippen molar-refractivity contribution in [1.29, 1.82) is 0 Å². The van der Waals surface area contributed by atoms with Gasteiger partial charge < -0.3 is 0 Å². The quantitative estimate of drug-likeness (QED) is 0.485. The number of thioether (sulfide) groups is 1. The largest absolute Gasteiger partial charge is 0.269 e. The van der Waals surface area contributed by atoms with Crippen LogP contribution in [0.2, 0.25) is 0 Å². The molecule has 0 aliphatic carbocycles. The zero-order valence-electron chi connectivity index (χ0n) is 13.1. The van der Waals surface area contributed by atoms with Crippen LogP contribution in [0.1, 0.15) is 10.6 Å². The summed E-state index contributed by atoms with van der Waals surface area (Å²) < 4.78 is 3.32. The van der Waals surface area contributed by atoms with Crippen LogP contribution in [-0.2, 0) is 18.7 Å². The van der Waals surface area contributed by atoms with Crippen molar-refractivity contribution in [2.75, 3.05) is 0 Å². The Balaban J connectivity index is 1.47. The summed E-state index contributed by atoms with van der Waals surface area (Å²) in [6.07, 6.45) is 2.61. The first-order valence-electron chi connectivity index (χ1n) is 7.68. The molecule has 0 saturated carbocycles. The Hall–Kier alpha value is -2.52. The molecule has 4 heterocycles. The number of rotatable bonds is 6. The maximum atomic E-state index is 12.1. The highest BCUT2D eigenvalue weighted by atomic mass is 32.2. The molecule has 0 aliphatic heterocycles. The lowest BCUT2D eigenvalue weighted by atomic mass is 10.3. The van der Waals surface area contributed by atoms with Crippen molar-refractivity contribution in [2.24, 2.45) is 0 Å². The van der Waals surface area contributed by atoms with Gasteiger partial charge >= 0.3 is 0 Å². The summed E-state index contributed by atoms with van der Waals surface area (Å²) in [4.78, 5) is 18.0. The van der Waals surface area contributed by atoms with E-state index in [9.17, 15) is 4.79 Å². The Labute approximate surface area is 151 Å². The van der Waals surface area contributed by atoms with Crippen LogP contribution in [-0.4, -0.2) is 29.6 Å². The third-order valence-electron chi connectivity index (χ3n) is 3.62. The molecule has 0 fully saturated rings. The number of tetrazole rings is 1. The molecule has 0 aromatic carbocycles. The van der Waals surface area contributed by atoms with Gasteiger partial charge in [-0.1, -0.05) is 23.9 Å². The van der Waals surface area contributed by atoms with Gasteiger partial charge in [0.1, 0.15) is 5.65 Å². The summed E-state index contributed by atoms with van der Waals surface area (Å²) in [6.45, 7) is 0.726. The van der Waals surface area contributed by atoms with Crippen LogP contribution in [0.3, 0.4) is 0 Å². The maximum Gasteiger partial charge on any atom is 0.258 e. The van der Waals surface area contributed by atoms with E-state index < -0.39 is 0 Å². The molecule has 126 valence electrons. The Morgan fingerprint density at radius 1 is 1.20 bits per heavy atom. The summed E-state index contributed by atoms with van der Waals surface area (Å²) >= 11 is 3.21. The first kappa shape index (κ1) is 16.0. The second kappa shape index (κ2) is 7.16. The monoisotopic (exact) mass is 370 g/mol. The van der Waals surface area contributed by atoms with Crippen molar-refractivity contribution >= 4 is 28.7 Å². The van der Waals surface area contributed by atoms with E-state index in [4.69, 9.17) is 0 Å². The van der Waals surface area contributed by atoms with Crippen molar-refractivity contribution in [3.05, 3.63) is 68.9 Å². The third kappa shape index (κ3) is 3.62. The lowest BCUT2D eigenvalue weighted by Gasteiger charge is -2.05. The molecule has 0 spiro atoms. The van der Waals surface area contributed by atoms with Gasteiger partial charge in [-0.2, -0.15) is 0 Å². The zero-order chi connectivity index (χ0) is 17.1. The van der Waals surface area contributed by atoms with E-state index in [1.807, 2.05) is 24.3 Å². The highest BCUT2D eigenvalue weighted by Gasteiger charge is 2.09. The van der Waals surface area contributed by atoms with Crippen LogP contribution in [0.25, 0.3) is 5.65 Å². The molecular formula is C16H14N6OS2. The van der Waals surface area contributed by atoms with Gasteiger partial charge in [0, 0.05) is 29.3 Å². The number of hydrogen-bond acceptors (Lipinski definition) is 7. The topological polar surface area (TPSA) is 78.0 Å². The summed E-state index contributed by atoms with van der Waals surface area (Å²) in [7, 11) is 0. The summed E-state index contributed by atoms with van der Waals surface area (Å²) in [5.41, 5.74) is 1.27. The number of aromatic nitrogens is 6. The van der Waals surface area contributed by atoms with Crippen LogP contribution >= 0.6 is 23.1 Å². The number of nitrogens with zero attached hydrogens (tertiary/aromatic N) is 6. The third-order valence-corrected chi connectivity index (χ3v) is 5.55. The first-order chi connectivity index (χ1) is 12.3. The van der Waals surface area contributed by atoms with Crippen LogP contribution in [0.15, 0.2) is 57.9 Å². The normalized spacial score (nSPS) is 11.2. The Bertz CT molecular complexity index is 1040. The summed E-state index contributed by atoms with van der Waals surface area (Å²) in [6, 6.07) is 11.2. The van der Waals surface area contributed by atoms with E-state index in [0.717, 1.165) is 18.1 Å². The summed E-state index contributed by atoms with van der Waals surface area (Å²) in [5.74, 6) is 0.542. The minimum absolute atomic E-state index is 0.0847. The van der Waals surface area contributed by atoms with E-state index in [1.165, 1.54) is 21.0 Å². The second-order valence-electron chi connectivity index (χ2n) is 5.32. The van der Waals surface area contributed by atoms with Gasteiger partial charge in [-0.15, -0.1) is 16.4 Å². The van der Waals surface area contributed by atoms with Crippen molar-refractivity contribution in [3.63, 3.8) is 0 Å². The SMILES string of the molecule is O=c1cc(CSc2nnnn2CCc2cccs2)nc2ccccn12. The Morgan fingerprint density at radius 3 is 3.04 bits per heavy atom. The molecule has 0 bridgehead atoms. The first-order valence-corrected chi connectivity index (χ1v) is 9.55. The minimum atomic E-state index is -0.0847. The number of aryl methyl sites for hydroxylation is 2. The molecular weight excluding hydrogens is 356 g/mol. The van der Waals surface area contributed by atoms with E-state index in [0.29, 0.717) is 17.1 Å².